The zero-order valence-corrected chi connectivity index (χ0v) is 10.7. The first kappa shape index (κ1) is 12.4. The van der Waals surface area contributed by atoms with E-state index in [2.05, 4.69) is 37.7 Å². The van der Waals surface area contributed by atoms with E-state index in [0.29, 0.717) is 0 Å². The molecule has 0 spiro atoms. The molecular weight excluding hydrogens is 258 g/mol. The van der Waals surface area contributed by atoms with Gasteiger partial charge in [0.1, 0.15) is 16.2 Å². The van der Waals surface area contributed by atoms with Gasteiger partial charge in [0.25, 0.3) is 0 Å². The van der Waals surface area contributed by atoms with Gasteiger partial charge in [-0.15, -0.1) is 0 Å². The molecule has 0 amide bonds. The predicted molar refractivity (Wildman–Crippen MR) is 64.1 cm³/mol. The van der Waals surface area contributed by atoms with Crippen molar-refractivity contribution in [3.8, 4) is 0 Å². The summed E-state index contributed by atoms with van der Waals surface area (Å²) in [6, 6.07) is 1.90. The Balaban J connectivity index is 2.81. The highest BCUT2D eigenvalue weighted by molar-refractivity contribution is 9.10. The van der Waals surface area contributed by atoms with Crippen molar-refractivity contribution in [2.75, 3.05) is 24.6 Å². The normalized spacial score (nSPS) is 10.4. The standard InChI is InChI=1S/C10H16BrN3O/c1-3-14(5-4-6-15)10-7-9(11)12-8(2)13-10/h7,15H,3-6H2,1-2H3. The number of rotatable bonds is 5. The van der Waals surface area contributed by atoms with Gasteiger partial charge in [0.15, 0.2) is 0 Å². The Bertz CT molecular complexity index is 299. The SMILES string of the molecule is CCN(CCCO)c1cc(Br)nc(C)n1. The largest absolute Gasteiger partial charge is 0.396 e. The van der Waals surface area contributed by atoms with Crippen LogP contribution in [0.2, 0.25) is 0 Å². The molecular formula is C10H16BrN3O. The second-order valence-electron chi connectivity index (χ2n) is 3.25. The van der Waals surface area contributed by atoms with Crippen LogP contribution >= 0.6 is 15.9 Å². The quantitative estimate of drug-likeness (QED) is 0.831. The third kappa shape index (κ3) is 3.76. The number of anilines is 1. The van der Waals surface area contributed by atoms with Crippen molar-refractivity contribution in [2.45, 2.75) is 20.3 Å². The first-order valence-electron chi connectivity index (χ1n) is 5.04. The van der Waals surface area contributed by atoms with Gasteiger partial charge in [-0.2, -0.15) is 0 Å². The van der Waals surface area contributed by atoms with Crippen molar-refractivity contribution < 1.29 is 5.11 Å². The summed E-state index contributed by atoms with van der Waals surface area (Å²) < 4.78 is 0.799. The first-order chi connectivity index (χ1) is 7.17. The van der Waals surface area contributed by atoms with Gasteiger partial charge in [0, 0.05) is 25.8 Å². The highest BCUT2D eigenvalue weighted by Gasteiger charge is 2.07. The van der Waals surface area contributed by atoms with E-state index in [-0.39, 0.29) is 6.61 Å². The van der Waals surface area contributed by atoms with E-state index in [0.717, 1.165) is 35.8 Å². The van der Waals surface area contributed by atoms with Crippen molar-refractivity contribution in [3.63, 3.8) is 0 Å². The molecule has 4 nitrogen and oxygen atoms in total. The van der Waals surface area contributed by atoms with Gasteiger partial charge in [0.2, 0.25) is 0 Å². The molecule has 1 aromatic rings. The van der Waals surface area contributed by atoms with E-state index in [1.54, 1.807) is 0 Å². The van der Waals surface area contributed by atoms with Crippen LogP contribution in [0.1, 0.15) is 19.2 Å². The Labute approximate surface area is 98.5 Å². The summed E-state index contributed by atoms with van der Waals surface area (Å²) >= 11 is 3.35. The molecule has 0 aliphatic rings. The number of hydrogen-bond donors (Lipinski definition) is 1. The number of aliphatic hydroxyl groups is 1. The van der Waals surface area contributed by atoms with E-state index in [4.69, 9.17) is 5.11 Å². The zero-order valence-electron chi connectivity index (χ0n) is 9.07. The molecule has 0 bridgehead atoms. The molecule has 84 valence electrons. The maximum atomic E-state index is 8.80. The molecule has 0 aliphatic carbocycles. The molecule has 0 saturated heterocycles. The number of nitrogens with zero attached hydrogens (tertiary/aromatic N) is 3. The van der Waals surface area contributed by atoms with E-state index in [1.165, 1.54) is 0 Å². The lowest BCUT2D eigenvalue weighted by atomic mass is 10.3. The van der Waals surface area contributed by atoms with Crippen molar-refractivity contribution in [3.05, 3.63) is 16.5 Å². The molecule has 0 atom stereocenters. The highest BCUT2D eigenvalue weighted by atomic mass is 79.9. The topological polar surface area (TPSA) is 49.2 Å². The summed E-state index contributed by atoms with van der Waals surface area (Å²) in [7, 11) is 0. The summed E-state index contributed by atoms with van der Waals surface area (Å²) in [5.74, 6) is 1.66. The molecule has 0 fully saturated rings. The van der Waals surface area contributed by atoms with Gasteiger partial charge in [-0.05, 0) is 36.2 Å². The van der Waals surface area contributed by atoms with E-state index in [9.17, 15) is 0 Å². The fourth-order valence-electron chi connectivity index (χ4n) is 1.37. The van der Waals surface area contributed by atoms with Gasteiger partial charge in [0.05, 0.1) is 0 Å². The third-order valence-corrected chi connectivity index (χ3v) is 2.49. The van der Waals surface area contributed by atoms with E-state index < -0.39 is 0 Å². The van der Waals surface area contributed by atoms with Gasteiger partial charge in [-0.3, -0.25) is 0 Å². The first-order valence-corrected chi connectivity index (χ1v) is 5.83. The number of aliphatic hydroxyl groups excluding tert-OH is 1. The Morgan fingerprint density at radius 1 is 1.47 bits per heavy atom. The molecule has 5 heteroatoms. The molecule has 0 aliphatic heterocycles. The average Bonchev–Trinajstić information content (AvgIpc) is 2.17. The van der Waals surface area contributed by atoms with Gasteiger partial charge >= 0.3 is 0 Å². The van der Waals surface area contributed by atoms with Gasteiger partial charge in [-0.1, -0.05) is 0 Å². The lowest BCUT2D eigenvalue weighted by Gasteiger charge is -2.21. The van der Waals surface area contributed by atoms with Crippen LogP contribution in [0.4, 0.5) is 5.82 Å². The zero-order chi connectivity index (χ0) is 11.3. The Hall–Kier alpha value is -0.680. The number of aryl methyl sites for hydroxylation is 1. The second kappa shape index (κ2) is 6.02. The fraction of sp³-hybridized carbons (Fsp3) is 0.600. The van der Waals surface area contributed by atoms with Crippen LogP contribution in [-0.2, 0) is 0 Å². The van der Waals surface area contributed by atoms with E-state index in [1.807, 2.05) is 13.0 Å². The average molecular weight is 274 g/mol. The molecule has 15 heavy (non-hydrogen) atoms. The maximum Gasteiger partial charge on any atom is 0.133 e. The van der Waals surface area contributed by atoms with Crippen LogP contribution in [-0.4, -0.2) is 34.8 Å². The minimum Gasteiger partial charge on any atom is -0.396 e. The Kier molecular flexibility index (Phi) is 4.98. The van der Waals surface area contributed by atoms with Gasteiger partial charge < -0.3 is 10.0 Å². The summed E-state index contributed by atoms with van der Waals surface area (Å²) in [5.41, 5.74) is 0. The molecule has 1 aromatic heterocycles. The van der Waals surface area contributed by atoms with Crippen LogP contribution in [0.15, 0.2) is 10.7 Å². The van der Waals surface area contributed by atoms with Crippen LogP contribution in [0.5, 0.6) is 0 Å². The third-order valence-electron chi connectivity index (χ3n) is 2.09. The minimum absolute atomic E-state index is 0.210. The maximum absolute atomic E-state index is 8.80. The minimum atomic E-state index is 0.210. The van der Waals surface area contributed by atoms with Crippen LogP contribution in [0.25, 0.3) is 0 Å². The van der Waals surface area contributed by atoms with Crippen molar-refractivity contribution in [2.24, 2.45) is 0 Å². The van der Waals surface area contributed by atoms with Crippen LogP contribution in [0.3, 0.4) is 0 Å². The van der Waals surface area contributed by atoms with Crippen molar-refractivity contribution in [1.82, 2.24) is 9.97 Å². The van der Waals surface area contributed by atoms with Crippen LogP contribution in [0, 0.1) is 6.92 Å². The highest BCUT2D eigenvalue weighted by Crippen LogP contribution is 2.16. The van der Waals surface area contributed by atoms with E-state index >= 15 is 0 Å². The predicted octanol–water partition coefficient (Wildman–Crippen LogP) is 1.76. The molecule has 1 heterocycles. The lowest BCUT2D eigenvalue weighted by molar-refractivity contribution is 0.289. The second-order valence-corrected chi connectivity index (χ2v) is 4.07. The molecule has 0 aromatic carbocycles. The van der Waals surface area contributed by atoms with Crippen LogP contribution < -0.4 is 4.90 Å². The Morgan fingerprint density at radius 3 is 2.73 bits per heavy atom. The lowest BCUT2D eigenvalue weighted by Crippen LogP contribution is -2.25. The molecule has 1 rings (SSSR count). The number of aromatic nitrogens is 2. The summed E-state index contributed by atoms with van der Waals surface area (Å²) in [6.07, 6.45) is 0.758. The van der Waals surface area contributed by atoms with Crippen molar-refractivity contribution >= 4 is 21.7 Å². The molecule has 0 saturated carbocycles. The Morgan fingerprint density at radius 2 is 2.20 bits per heavy atom. The summed E-state index contributed by atoms with van der Waals surface area (Å²) in [4.78, 5) is 10.6. The monoisotopic (exact) mass is 273 g/mol. The number of halogens is 1. The van der Waals surface area contributed by atoms with Crippen molar-refractivity contribution in [1.29, 1.82) is 0 Å². The summed E-state index contributed by atoms with van der Waals surface area (Å²) in [6.45, 7) is 5.84. The molecule has 1 N–H and O–H groups in total. The van der Waals surface area contributed by atoms with Gasteiger partial charge in [-0.25, -0.2) is 9.97 Å². The molecule has 0 unspecified atom stereocenters. The molecule has 0 radical (unpaired) electrons. The fourth-order valence-corrected chi connectivity index (χ4v) is 1.84. The smallest absolute Gasteiger partial charge is 0.133 e. The number of hydrogen-bond acceptors (Lipinski definition) is 4. The summed E-state index contributed by atoms with van der Waals surface area (Å²) in [5, 5.41) is 8.80.